The molecular weight excluding hydrogens is 226 g/mol. The van der Waals surface area contributed by atoms with Crippen molar-refractivity contribution in [2.75, 3.05) is 0 Å². The van der Waals surface area contributed by atoms with Gasteiger partial charge in [-0.15, -0.1) is 11.3 Å². The van der Waals surface area contributed by atoms with E-state index in [-0.39, 0.29) is 11.5 Å². The summed E-state index contributed by atoms with van der Waals surface area (Å²) >= 11 is 7.54. The van der Waals surface area contributed by atoms with Gasteiger partial charge in [0.2, 0.25) is 0 Å². The molecule has 0 aromatic carbocycles. The lowest BCUT2D eigenvalue weighted by Gasteiger charge is -2.26. The predicted molar refractivity (Wildman–Crippen MR) is 69.7 cm³/mol. The van der Waals surface area contributed by atoms with Gasteiger partial charge in [-0.05, 0) is 36.8 Å². The zero-order valence-corrected chi connectivity index (χ0v) is 11.3. The van der Waals surface area contributed by atoms with Crippen molar-refractivity contribution >= 4 is 22.9 Å². The van der Waals surface area contributed by atoms with Crippen molar-refractivity contribution in [1.82, 2.24) is 0 Å². The van der Waals surface area contributed by atoms with E-state index in [1.165, 1.54) is 4.88 Å². The molecule has 0 aliphatic heterocycles. The van der Waals surface area contributed by atoms with Gasteiger partial charge in [-0.1, -0.05) is 32.4 Å². The Labute approximate surface area is 102 Å². The zero-order valence-electron chi connectivity index (χ0n) is 9.72. The first-order valence-electron chi connectivity index (χ1n) is 5.39. The first-order valence-corrected chi connectivity index (χ1v) is 6.59. The summed E-state index contributed by atoms with van der Waals surface area (Å²) in [4.78, 5) is 1.36. The number of hydrogen-bond acceptors (Lipinski definition) is 2. The second-order valence-electron chi connectivity index (χ2n) is 5.07. The van der Waals surface area contributed by atoms with Crippen molar-refractivity contribution < 1.29 is 0 Å². The summed E-state index contributed by atoms with van der Waals surface area (Å²) in [5.41, 5.74) is 6.31. The van der Waals surface area contributed by atoms with Gasteiger partial charge in [-0.2, -0.15) is 0 Å². The molecule has 1 atom stereocenters. The lowest BCUT2D eigenvalue weighted by molar-refractivity contribution is 0.301. The average Bonchev–Trinajstić information content (AvgIpc) is 2.49. The second kappa shape index (κ2) is 5.33. The Morgan fingerprint density at radius 3 is 2.53 bits per heavy atom. The number of nitrogens with two attached hydrogens (primary N) is 1. The Morgan fingerprint density at radius 2 is 2.07 bits per heavy atom. The number of rotatable bonds is 4. The highest BCUT2D eigenvalue weighted by Crippen LogP contribution is 2.25. The van der Waals surface area contributed by atoms with E-state index in [1.807, 2.05) is 6.07 Å². The van der Waals surface area contributed by atoms with Crippen LogP contribution in [0.3, 0.4) is 0 Å². The molecule has 1 unspecified atom stereocenters. The fourth-order valence-corrected chi connectivity index (χ4v) is 2.54. The van der Waals surface area contributed by atoms with Crippen LogP contribution in [0.4, 0.5) is 0 Å². The van der Waals surface area contributed by atoms with E-state index in [4.69, 9.17) is 17.3 Å². The van der Waals surface area contributed by atoms with E-state index >= 15 is 0 Å². The Bertz CT molecular complexity index is 301. The standard InChI is InChI=1S/C12H20ClNS/c1-12(2,3)10(14)6-4-5-9-7-8-11(13)15-9/h7-8,10H,4-6,14H2,1-3H3. The summed E-state index contributed by atoms with van der Waals surface area (Å²) in [6.45, 7) is 6.58. The number of halogens is 1. The van der Waals surface area contributed by atoms with E-state index in [0.717, 1.165) is 23.6 Å². The van der Waals surface area contributed by atoms with Crippen molar-refractivity contribution in [3.05, 3.63) is 21.3 Å². The van der Waals surface area contributed by atoms with Crippen molar-refractivity contribution in [1.29, 1.82) is 0 Å². The smallest absolute Gasteiger partial charge is 0.0931 e. The van der Waals surface area contributed by atoms with Crippen molar-refractivity contribution in [2.24, 2.45) is 11.1 Å². The van der Waals surface area contributed by atoms with Crippen LogP contribution < -0.4 is 5.73 Å². The van der Waals surface area contributed by atoms with Gasteiger partial charge in [0, 0.05) is 10.9 Å². The van der Waals surface area contributed by atoms with E-state index in [0.29, 0.717) is 0 Å². The molecule has 15 heavy (non-hydrogen) atoms. The molecule has 0 saturated carbocycles. The highest BCUT2D eigenvalue weighted by molar-refractivity contribution is 7.16. The fourth-order valence-electron chi connectivity index (χ4n) is 1.42. The van der Waals surface area contributed by atoms with Crippen LogP contribution in [0.15, 0.2) is 12.1 Å². The van der Waals surface area contributed by atoms with Crippen molar-refractivity contribution in [2.45, 2.75) is 46.1 Å². The molecule has 0 amide bonds. The largest absolute Gasteiger partial charge is 0.327 e. The van der Waals surface area contributed by atoms with Gasteiger partial charge >= 0.3 is 0 Å². The molecule has 0 fully saturated rings. The normalized spacial score (nSPS) is 14.2. The molecule has 0 aliphatic rings. The van der Waals surface area contributed by atoms with Crippen LogP contribution in [0, 0.1) is 5.41 Å². The van der Waals surface area contributed by atoms with E-state index in [2.05, 4.69) is 26.8 Å². The van der Waals surface area contributed by atoms with Gasteiger partial charge in [-0.3, -0.25) is 0 Å². The summed E-state index contributed by atoms with van der Waals surface area (Å²) in [6, 6.07) is 4.36. The van der Waals surface area contributed by atoms with Gasteiger partial charge in [-0.25, -0.2) is 0 Å². The maximum absolute atomic E-state index is 6.10. The lowest BCUT2D eigenvalue weighted by atomic mass is 9.84. The van der Waals surface area contributed by atoms with Crippen molar-refractivity contribution in [3.63, 3.8) is 0 Å². The number of thiophene rings is 1. The Hall–Kier alpha value is -0.0500. The maximum atomic E-state index is 6.10. The maximum Gasteiger partial charge on any atom is 0.0931 e. The zero-order chi connectivity index (χ0) is 11.5. The topological polar surface area (TPSA) is 26.0 Å². The summed E-state index contributed by atoms with van der Waals surface area (Å²) in [6.07, 6.45) is 3.33. The van der Waals surface area contributed by atoms with Crippen LogP contribution >= 0.6 is 22.9 Å². The minimum atomic E-state index is 0.215. The highest BCUT2D eigenvalue weighted by atomic mass is 35.5. The summed E-state index contributed by atoms with van der Waals surface area (Å²) in [5, 5.41) is 0. The van der Waals surface area contributed by atoms with Crippen molar-refractivity contribution in [3.8, 4) is 0 Å². The minimum Gasteiger partial charge on any atom is -0.327 e. The minimum absolute atomic E-state index is 0.215. The molecule has 1 heterocycles. The molecule has 0 bridgehead atoms. The summed E-state index contributed by atoms with van der Waals surface area (Å²) < 4.78 is 0.880. The van der Waals surface area contributed by atoms with Crippen LogP contribution in [-0.4, -0.2) is 6.04 Å². The highest BCUT2D eigenvalue weighted by Gasteiger charge is 2.19. The van der Waals surface area contributed by atoms with Crippen LogP contribution in [-0.2, 0) is 6.42 Å². The van der Waals surface area contributed by atoms with Gasteiger partial charge in [0.15, 0.2) is 0 Å². The monoisotopic (exact) mass is 245 g/mol. The molecule has 1 aromatic rings. The molecule has 0 radical (unpaired) electrons. The fraction of sp³-hybridized carbons (Fsp3) is 0.667. The lowest BCUT2D eigenvalue weighted by Crippen LogP contribution is -2.34. The van der Waals surface area contributed by atoms with Gasteiger partial charge in [0.1, 0.15) is 0 Å². The van der Waals surface area contributed by atoms with Gasteiger partial charge < -0.3 is 5.73 Å². The molecular formula is C12H20ClNS. The predicted octanol–water partition coefficient (Wildman–Crippen LogP) is 4.10. The molecule has 1 aromatic heterocycles. The third-order valence-corrected chi connectivity index (χ3v) is 3.97. The van der Waals surface area contributed by atoms with E-state index in [1.54, 1.807) is 11.3 Å². The molecule has 0 saturated heterocycles. The van der Waals surface area contributed by atoms with E-state index in [9.17, 15) is 0 Å². The number of aryl methyl sites for hydroxylation is 1. The molecule has 1 nitrogen and oxygen atoms in total. The van der Waals surface area contributed by atoms with Crippen LogP contribution in [0.25, 0.3) is 0 Å². The van der Waals surface area contributed by atoms with Gasteiger partial charge in [0.25, 0.3) is 0 Å². The van der Waals surface area contributed by atoms with Crippen LogP contribution in [0.2, 0.25) is 4.34 Å². The molecule has 86 valence electrons. The SMILES string of the molecule is CC(C)(C)C(N)CCCc1ccc(Cl)s1. The summed E-state index contributed by atoms with van der Waals surface area (Å²) in [5.74, 6) is 0. The Balaban J connectivity index is 2.28. The molecule has 2 N–H and O–H groups in total. The quantitative estimate of drug-likeness (QED) is 0.849. The molecule has 0 spiro atoms. The first-order chi connectivity index (χ1) is 6.89. The van der Waals surface area contributed by atoms with E-state index < -0.39 is 0 Å². The first kappa shape index (κ1) is 13.0. The Morgan fingerprint density at radius 1 is 1.40 bits per heavy atom. The van der Waals surface area contributed by atoms with Crippen LogP contribution in [0.5, 0.6) is 0 Å². The molecule has 3 heteroatoms. The molecule has 1 rings (SSSR count). The number of hydrogen-bond donors (Lipinski definition) is 1. The van der Waals surface area contributed by atoms with Crippen LogP contribution in [0.1, 0.15) is 38.5 Å². The third-order valence-electron chi connectivity index (χ3n) is 2.68. The Kier molecular flexibility index (Phi) is 4.63. The molecule has 0 aliphatic carbocycles. The summed E-state index contributed by atoms with van der Waals surface area (Å²) in [7, 11) is 0. The van der Waals surface area contributed by atoms with Gasteiger partial charge in [0.05, 0.1) is 4.34 Å². The third kappa shape index (κ3) is 4.54. The average molecular weight is 246 g/mol. The second-order valence-corrected chi connectivity index (χ2v) is 6.87.